The monoisotopic (exact) mass is 378 g/mol. The molecule has 4 rings (SSSR count). The number of aromatic nitrogens is 3. The number of imide groups is 1. The van der Waals surface area contributed by atoms with Crippen LogP contribution in [0.15, 0.2) is 48.3 Å². The van der Waals surface area contributed by atoms with Crippen LogP contribution in [0.4, 0.5) is 5.69 Å². The van der Waals surface area contributed by atoms with Gasteiger partial charge in [0.15, 0.2) is 0 Å². The molecule has 9 heteroatoms. The second-order valence-electron chi connectivity index (χ2n) is 6.63. The van der Waals surface area contributed by atoms with E-state index in [9.17, 15) is 14.4 Å². The Labute approximate surface area is 161 Å². The van der Waals surface area contributed by atoms with Crippen molar-refractivity contribution in [1.29, 1.82) is 0 Å². The van der Waals surface area contributed by atoms with Crippen LogP contribution in [0.25, 0.3) is 11.3 Å². The van der Waals surface area contributed by atoms with E-state index in [1.54, 1.807) is 35.6 Å². The predicted molar refractivity (Wildman–Crippen MR) is 99.5 cm³/mol. The number of anilines is 1. The molecule has 2 aromatic heterocycles. The average molecular weight is 378 g/mol. The maximum Gasteiger partial charge on any atom is 0.277 e. The molecule has 2 aliphatic rings. The van der Waals surface area contributed by atoms with Gasteiger partial charge in [0.2, 0.25) is 5.91 Å². The van der Waals surface area contributed by atoms with Gasteiger partial charge in [-0.05, 0) is 25.0 Å². The third kappa shape index (κ3) is 3.22. The van der Waals surface area contributed by atoms with E-state index in [2.05, 4.69) is 20.3 Å². The van der Waals surface area contributed by atoms with E-state index in [-0.39, 0.29) is 24.3 Å². The standard InChI is InChI=1S/C19H18N6O3/c1-24-18(27)14-3-2-6-25(17(14)19(24)28)10-16(26)23-13-4-5-15(22-9-13)12-7-20-11-21-8-12/h4-5,7-9,11H,2-3,6,10H2,1H3,(H,23,26). The van der Waals surface area contributed by atoms with Crippen LogP contribution in [0.5, 0.6) is 0 Å². The Morgan fingerprint density at radius 1 is 1.14 bits per heavy atom. The minimum absolute atomic E-state index is 0.0000297. The summed E-state index contributed by atoms with van der Waals surface area (Å²) in [7, 11) is 1.46. The van der Waals surface area contributed by atoms with Crippen molar-refractivity contribution in [3.8, 4) is 11.3 Å². The van der Waals surface area contributed by atoms with Gasteiger partial charge in [-0.15, -0.1) is 0 Å². The van der Waals surface area contributed by atoms with Gasteiger partial charge in [0.05, 0.1) is 24.1 Å². The van der Waals surface area contributed by atoms with Crippen LogP contribution in [0.3, 0.4) is 0 Å². The topological polar surface area (TPSA) is 108 Å². The molecule has 0 saturated heterocycles. The van der Waals surface area contributed by atoms with Crippen LogP contribution in [0.2, 0.25) is 0 Å². The Kier molecular flexibility index (Phi) is 4.56. The van der Waals surface area contributed by atoms with Crippen molar-refractivity contribution in [3.63, 3.8) is 0 Å². The molecule has 9 nitrogen and oxygen atoms in total. The van der Waals surface area contributed by atoms with Crippen LogP contribution in [0.1, 0.15) is 12.8 Å². The molecule has 0 bridgehead atoms. The predicted octanol–water partition coefficient (Wildman–Crippen LogP) is 0.826. The molecule has 3 amide bonds. The van der Waals surface area contributed by atoms with Gasteiger partial charge in [-0.3, -0.25) is 24.3 Å². The molecular formula is C19H18N6O3. The Bertz CT molecular complexity index is 971. The van der Waals surface area contributed by atoms with Gasteiger partial charge in [-0.25, -0.2) is 9.97 Å². The van der Waals surface area contributed by atoms with E-state index >= 15 is 0 Å². The number of hydrogen-bond acceptors (Lipinski definition) is 7. The van der Waals surface area contributed by atoms with Crippen LogP contribution >= 0.6 is 0 Å². The van der Waals surface area contributed by atoms with Crippen LogP contribution in [0, 0.1) is 0 Å². The Hall–Kier alpha value is -3.62. The zero-order chi connectivity index (χ0) is 19.7. The average Bonchev–Trinajstić information content (AvgIpc) is 2.94. The molecule has 0 aromatic carbocycles. The molecule has 0 aliphatic carbocycles. The molecule has 0 radical (unpaired) electrons. The number of carbonyl (C=O) groups excluding carboxylic acids is 3. The van der Waals surface area contributed by atoms with E-state index < -0.39 is 0 Å². The van der Waals surface area contributed by atoms with Crippen molar-refractivity contribution in [2.24, 2.45) is 0 Å². The van der Waals surface area contributed by atoms with Gasteiger partial charge in [0, 0.05) is 37.1 Å². The minimum atomic E-state index is -0.344. The molecular weight excluding hydrogens is 360 g/mol. The first-order valence-corrected chi connectivity index (χ1v) is 8.86. The molecule has 0 unspecified atom stereocenters. The molecule has 1 N–H and O–H groups in total. The quantitative estimate of drug-likeness (QED) is 0.785. The van der Waals surface area contributed by atoms with Gasteiger partial charge in [-0.1, -0.05) is 0 Å². The molecule has 142 valence electrons. The molecule has 0 atom stereocenters. The largest absolute Gasteiger partial charge is 0.357 e. The van der Waals surface area contributed by atoms with Gasteiger partial charge in [0.1, 0.15) is 12.0 Å². The van der Waals surface area contributed by atoms with Gasteiger partial charge >= 0.3 is 0 Å². The van der Waals surface area contributed by atoms with Crippen LogP contribution in [-0.2, 0) is 14.4 Å². The highest BCUT2D eigenvalue weighted by Gasteiger charge is 2.40. The van der Waals surface area contributed by atoms with Crippen molar-refractivity contribution in [3.05, 3.63) is 48.3 Å². The summed E-state index contributed by atoms with van der Waals surface area (Å²) in [5.41, 5.74) is 2.88. The second kappa shape index (κ2) is 7.18. The summed E-state index contributed by atoms with van der Waals surface area (Å²) in [6.07, 6.45) is 7.61. The lowest BCUT2D eigenvalue weighted by Gasteiger charge is -2.28. The second-order valence-corrected chi connectivity index (χ2v) is 6.63. The molecule has 28 heavy (non-hydrogen) atoms. The summed E-state index contributed by atoms with van der Waals surface area (Å²) in [4.78, 5) is 51.9. The third-order valence-electron chi connectivity index (χ3n) is 4.76. The SMILES string of the molecule is CN1C(=O)C2=C(C1=O)N(CC(=O)Nc1ccc(-c3cncnc3)nc1)CCC2. The number of rotatable bonds is 4. The fraction of sp³-hybridized carbons (Fsp3) is 0.263. The highest BCUT2D eigenvalue weighted by atomic mass is 16.2. The summed E-state index contributed by atoms with van der Waals surface area (Å²) in [6.45, 7) is 0.560. The fourth-order valence-electron chi connectivity index (χ4n) is 3.40. The normalized spacial score (nSPS) is 16.5. The zero-order valence-electron chi connectivity index (χ0n) is 15.3. The number of likely N-dealkylation sites (N-methyl/N-ethyl adjacent to an activating group) is 1. The van der Waals surface area contributed by atoms with E-state index in [4.69, 9.17) is 0 Å². The van der Waals surface area contributed by atoms with E-state index in [0.29, 0.717) is 35.6 Å². The summed E-state index contributed by atoms with van der Waals surface area (Å²) in [5, 5.41) is 2.78. The number of pyridine rings is 1. The summed E-state index contributed by atoms with van der Waals surface area (Å²) >= 11 is 0. The summed E-state index contributed by atoms with van der Waals surface area (Å²) in [5.74, 6) is -0.889. The molecule has 4 heterocycles. The maximum absolute atomic E-state index is 12.5. The fourth-order valence-corrected chi connectivity index (χ4v) is 3.40. The molecule has 2 aliphatic heterocycles. The molecule has 2 aromatic rings. The lowest BCUT2D eigenvalue weighted by Crippen LogP contribution is -2.38. The Balaban J connectivity index is 1.43. The number of amides is 3. The molecule has 0 saturated carbocycles. The smallest absolute Gasteiger partial charge is 0.277 e. The first-order valence-electron chi connectivity index (χ1n) is 8.86. The lowest BCUT2D eigenvalue weighted by atomic mass is 10.0. The lowest BCUT2D eigenvalue weighted by molar-refractivity contribution is -0.136. The van der Waals surface area contributed by atoms with E-state index in [1.165, 1.54) is 13.4 Å². The first kappa shape index (κ1) is 17.8. The number of nitrogens with one attached hydrogen (secondary N) is 1. The number of nitrogens with zero attached hydrogens (tertiary/aromatic N) is 5. The first-order chi connectivity index (χ1) is 13.5. The van der Waals surface area contributed by atoms with Crippen molar-refractivity contribution >= 4 is 23.4 Å². The summed E-state index contributed by atoms with van der Waals surface area (Å²) < 4.78 is 0. The third-order valence-corrected chi connectivity index (χ3v) is 4.76. The highest BCUT2D eigenvalue weighted by molar-refractivity contribution is 6.19. The summed E-state index contributed by atoms with van der Waals surface area (Å²) in [6, 6.07) is 3.51. The van der Waals surface area contributed by atoms with E-state index in [1.807, 2.05) is 0 Å². The Morgan fingerprint density at radius 3 is 2.64 bits per heavy atom. The number of hydrogen-bond donors (Lipinski definition) is 1. The Morgan fingerprint density at radius 2 is 1.93 bits per heavy atom. The molecule has 0 fully saturated rings. The van der Waals surface area contributed by atoms with Crippen LogP contribution in [-0.4, -0.2) is 62.6 Å². The van der Waals surface area contributed by atoms with Crippen LogP contribution < -0.4 is 5.32 Å². The molecule has 0 spiro atoms. The van der Waals surface area contributed by atoms with Gasteiger partial charge < -0.3 is 10.2 Å². The highest BCUT2D eigenvalue weighted by Crippen LogP contribution is 2.30. The zero-order valence-corrected chi connectivity index (χ0v) is 15.3. The maximum atomic E-state index is 12.5. The number of carbonyl (C=O) groups is 3. The van der Waals surface area contributed by atoms with Gasteiger partial charge in [-0.2, -0.15) is 0 Å². The van der Waals surface area contributed by atoms with Crippen molar-refractivity contribution < 1.29 is 14.4 Å². The van der Waals surface area contributed by atoms with Crippen molar-refractivity contribution in [1.82, 2.24) is 24.8 Å². The van der Waals surface area contributed by atoms with Gasteiger partial charge in [0.25, 0.3) is 11.8 Å². The minimum Gasteiger partial charge on any atom is -0.357 e. The van der Waals surface area contributed by atoms with E-state index in [0.717, 1.165) is 16.9 Å². The van der Waals surface area contributed by atoms with Crippen molar-refractivity contribution in [2.75, 3.05) is 25.5 Å². The van der Waals surface area contributed by atoms with Crippen molar-refractivity contribution in [2.45, 2.75) is 12.8 Å².